The van der Waals surface area contributed by atoms with Gasteiger partial charge in [-0.15, -0.1) is 0 Å². The summed E-state index contributed by atoms with van der Waals surface area (Å²) in [6, 6.07) is 0.671. The lowest BCUT2D eigenvalue weighted by atomic mass is 10.1. The molecular weight excluding hydrogens is 250 g/mol. The Morgan fingerprint density at radius 1 is 1.50 bits per heavy atom. The van der Waals surface area contributed by atoms with Crippen molar-refractivity contribution >= 4 is 0 Å². The SMILES string of the molecule is CC(C)n1cc(C(CN)N(C)CC2CCN(C)C2)cn1. The number of aromatic nitrogens is 2. The van der Waals surface area contributed by atoms with Crippen molar-refractivity contribution in [2.75, 3.05) is 40.3 Å². The van der Waals surface area contributed by atoms with Gasteiger partial charge in [-0.05, 0) is 46.8 Å². The number of nitrogens with two attached hydrogens (primary N) is 1. The van der Waals surface area contributed by atoms with E-state index in [-0.39, 0.29) is 6.04 Å². The molecule has 2 unspecified atom stereocenters. The van der Waals surface area contributed by atoms with E-state index in [1.165, 1.54) is 25.1 Å². The number of nitrogens with zero attached hydrogens (tertiary/aromatic N) is 4. The highest BCUT2D eigenvalue weighted by molar-refractivity contribution is 5.11. The highest BCUT2D eigenvalue weighted by atomic mass is 15.3. The largest absolute Gasteiger partial charge is 0.329 e. The monoisotopic (exact) mass is 279 g/mol. The third kappa shape index (κ3) is 3.59. The van der Waals surface area contributed by atoms with Gasteiger partial charge >= 0.3 is 0 Å². The number of likely N-dealkylation sites (N-methyl/N-ethyl adjacent to an activating group) is 1. The molecule has 0 aliphatic carbocycles. The molecule has 5 nitrogen and oxygen atoms in total. The molecule has 1 fully saturated rings. The van der Waals surface area contributed by atoms with Gasteiger partial charge in [0, 0.05) is 43.5 Å². The minimum atomic E-state index is 0.272. The Morgan fingerprint density at radius 2 is 2.25 bits per heavy atom. The lowest BCUT2D eigenvalue weighted by Gasteiger charge is -2.28. The summed E-state index contributed by atoms with van der Waals surface area (Å²) < 4.78 is 2.01. The molecule has 114 valence electrons. The highest BCUT2D eigenvalue weighted by Crippen LogP contribution is 2.23. The minimum absolute atomic E-state index is 0.272. The molecule has 2 atom stereocenters. The Balaban J connectivity index is 1.99. The van der Waals surface area contributed by atoms with Gasteiger partial charge in [0.2, 0.25) is 0 Å². The smallest absolute Gasteiger partial charge is 0.0538 e. The summed E-state index contributed by atoms with van der Waals surface area (Å²) in [5.41, 5.74) is 7.24. The minimum Gasteiger partial charge on any atom is -0.329 e. The maximum Gasteiger partial charge on any atom is 0.0538 e. The first-order chi connectivity index (χ1) is 9.51. The maximum atomic E-state index is 6.00. The summed E-state index contributed by atoms with van der Waals surface area (Å²) in [7, 11) is 4.38. The zero-order valence-corrected chi connectivity index (χ0v) is 13.3. The molecule has 2 rings (SSSR count). The van der Waals surface area contributed by atoms with E-state index in [1.54, 1.807) is 0 Å². The third-order valence-corrected chi connectivity index (χ3v) is 4.33. The van der Waals surface area contributed by atoms with Crippen molar-refractivity contribution in [2.45, 2.75) is 32.4 Å². The number of hydrogen-bond acceptors (Lipinski definition) is 4. The van der Waals surface area contributed by atoms with Crippen molar-refractivity contribution in [1.82, 2.24) is 19.6 Å². The molecule has 0 spiro atoms. The fourth-order valence-corrected chi connectivity index (χ4v) is 3.09. The van der Waals surface area contributed by atoms with Crippen molar-refractivity contribution in [2.24, 2.45) is 11.7 Å². The van der Waals surface area contributed by atoms with E-state index in [4.69, 9.17) is 5.73 Å². The molecule has 2 heterocycles. The van der Waals surface area contributed by atoms with Gasteiger partial charge in [0.25, 0.3) is 0 Å². The van der Waals surface area contributed by atoms with Crippen LogP contribution in [-0.4, -0.2) is 59.9 Å². The van der Waals surface area contributed by atoms with Crippen LogP contribution in [0.5, 0.6) is 0 Å². The molecule has 1 aliphatic rings. The van der Waals surface area contributed by atoms with Crippen molar-refractivity contribution in [3.8, 4) is 0 Å². The lowest BCUT2D eigenvalue weighted by molar-refractivity contribution is 0.211. The summed E-state index contributed by atoms with van der Waals surface area (Å²) in [5.74, 6) is 0.763. The van der Waals surface area contributed by atoms with Crippen molar-refractivity contribution in [1.29, 1.82) is 0 Å². The predicted molar refractivity (Wildman–Crippen MR) is 82.6 cm³/mol. The summed E-state index contributed by atoms with van der Waals surface area (Å²) in [6.45, 7) is 8.46. The van der Waals surface area contributed by atoms with Crippen LogP contribution in [0.25, 0.3) is 0 Å². The molecule has 1 aromatic heterocycles. The molecule has 1 aliphatic heterocycles. The van der Waals surface area contributed by atoms with Crippen LogP contribution in [-0.2, 0) is 0 Å². The van der Waals surface area contributed by atoms with Crippen molar-refractivity contribution in [3.05, 3.63) is 18.0 Å². The third-order valence-electron chi connectivity index (χ3n) is 4.33. The highest BCUT2D eigenvalue weighted by Gasteiger charge is 2.24. The average Bonchev–Trinajstić information content (AvgIpc) is 3.00. The molecule has 0 aromatic carbocycles. The molecule has 5 heteroatoms. The van der Waals surface area contributed by atoms with Crippen LogP contribution in [0.1, 0.15) is 37.9 Å². The van der Waals surface area contributed by atoms with Gasteiger partial charge in [0.15, 0.2) is 0 Å². The van der Waals surface area contributed by atoms with Crippen LogP contribution in [0.4, 0.5) is 0 Å². The standard InChI is InChI=1S/C15H29N5/c1-12(2)20-11-14(8-17-20)15(7-16)19(4)10-13-5-6-18(3)9-13/h8,11-13,15H,5-7,9-10,16H2,1-4H3. The van der Waals surface area contributed by atoms with E-state index in [0.29, 0.717) is 12.6 Å². The first-order valence-corrected chi connectivity index (χ1v) is 7.64. The lowest BCUT2D eigenvalue weighted by Crippen LogP contribution is -2.34. The van der Waals surface area contributed by atoms with Gasteiger partial charge in [-0.1, -0.05) is 0 Å². The molecule has 1 saturated heterocycles. The second-order valence-electron chi connectivity index (χ2n) is 6.46. The Labute approximate surface area is 122 Å². The van der Waals surface area contributed by atoms with Crippen LogP contribution in [0.2, 0.25) is 0 Å². The number of hydrogen-bond donors (Lipinski definition) is 1. The first kappa shape index (κ1) is 15.5. The van der Waals surface area contributed by atoms with Crippen LogP contribution in [0.15, 0.2) is 12.4 Å². The summed E-state index contributed by atoms with van der Waals surface area (Å²) in [5, 5.41) is 4.44. The average molecular weight is 279 g/mol. The van der Waals surface area contributed by atoms with Crippen LogP contribution >= 0.6 is 0 Å². The zero-order chi connectivity index (χ0) is 14.7. The Kier molecular flexibility index (Phi) is 5.18. The van der Waals surface area contributed by atoms with E-state index >= 15 is 0 Å². The molecule has 0 radical (unpaired) electrons. The second kappa shape index (κ2) is 6.70. The van der Waals surface area contributed by atoms with Crippen molar-refractivity contribution < 1.29 is 0 Å². The quantitative estimate of drug-likeness (QED) is 0.854. The molecular formula is C15H29N5. The van der Waals surface area contributed by atoms with Gasteiger partial charge in [-0.25, -0.2) is 0 Å². The first-order valence-electron chi connectivity index (χ1n) is 7.64. The Bertz CT molecular complexity index is 414. The van der Waals surface area contributed by atoms with E-state index in [9.17, 15) is 0 Å². The molecule has 0 saturated carbocycles. The summed E-state index contributed by atoms with van der Waals surface area (Å²) >= 11 is 0. The van der Waals surface area contributed by atoms with Gasteiger partial charge in [0.1, 0.15) is 0 Å². The topological polar surface area (TPSA) is 50.3 Å². The Hall–Kier alpha value is -0.910. The molecule has 0 amide bonds. The molecule has 1 aromatic rings. The van der Waals surface area contributed by atoms with Crippen molar-refractivity contribution in [3.63, 3.8) is 0 Å². The van der Waals surface area contributed by atoms with E-state index in [0.717, 1.165) is 12.5 Å². The van der Waals surface area contributed by atoms with Crippen LogP contribution in [0, 0.1) is 5.92 Å². The fraction of sp³-hybridized carbons (Fsp3) is 0.800. The number of likely N-dealkylation sites (tertiary alicyclic amines) is 1. The van der Waals surface area contributed by atoms with E-state index in [1.807, 2.05) is 10.9 Å². The maximum absolute atomic E-state index is 6.00. The van der Waals surface area contributed by atoms with Gasteiger partial charge in [-0.2, -0.15) is 5.10 Å². The fourth-order valence-electron chi connectivity index (χ4n) is 3.09. The molecule has 20 heavy (non-hydrogen) atoms. The second-order valence-corrected chi connectivity index (χ2v) is 6.46. The van der Waals surface area contributed by atoms with Gasteiger partial charge < -0.3 is 10.6 Å². The zero-order valence-electron chi connectivity index (χ0n) is 13.3. The van der Waals surface area contributed by atoms with Gasteiger partial charge in [-0.3, -0.25) is 9.58 Å². The summed E-state index contributed by atoms with van der Waals surface area (Å²) in [6.07, 6.45) is 5.40. The predicted octanol–water partition coefficient (Wildman–Crippen LogP) is 1.35. The molecule has 2 N–H and O–H groups in total. The van der Waals surface area contributed by atoms with Crippen LogP contribution < -0.4 is 5.73 Å². The van der Waals surface area contributed by atoms with Crippen LogP contribution in [0.3, 0.4) is 0 Å². The number of rotatable bonds is 6. The normalized spacial score (nSPS) is 22.1. The van der Waals surface area contributed by atoms with Gasteiger partial charge in [0.05, 0.1) is 6.20 Å². The Morgan fingerprint density at radius 3 is 2.75 bits per heavy atom. The van der Waals surface area contributed by atoms with E-state index in [2.05, 4.69) is 49.0 Å². The molecule has 0 bridgehead atoms. The van der Waals surface area contributed by atoms with E-state index < -0.39 is 0 Å². The summed E-state index contributed by atoms with van der Waals surface area (Å²) in [4.78, 5) is 4.80.